The molecule has 0 aromatic carbocycles. The summed E-state index contributed by atoms with van der Waals surface area (Å²) in [6.07, 6.45) is 3.67. The molecule has 2 nitrogen and oxygen atoms in total. The summed E-state index contributed by atoms with van der Waals surface area (Å²) >= 11 is 3.39. The number of rotatable bonds is 2. The van der Waals surface area contributed by atoms with Gasteiger partial charge in [0, 0.05) is 29.0 Å². The molecule has 1 aromatic rings. The Bertz CT molecular complexity index is 278. The number of nitrogens with zero attached hydrogens (tertiary/aromatic N) is 1. The van der Waals surface area contributed by atoms with Crippen molar-refractivity contribution >= 4 is 15.9 Å². The van der Waals surface area contributed by atoms with E-state index in [0.717, 1.165) is 11.0 Å². The van der Waals surface area contributed by atoms with Gasteiger partial charge in [0.05, 0.1) is 0 Å². The van der Waals surface area contributed by atoms with Crippen LogP contribution in [0.3, 0.4) is 0 Å². The van der Waals surface area contributed by atoms with Crippen LogP contribution >= 0.6 is 15.9 Å². The fourth-order valence-corrected chi connectivity index (χ4v) is 1.33. The van der Waals surface area contributed by atoms with E-state index in [0.29, 0.717) is 0 Å². The summed E-state index contributed by atoms with van der Waals surface area (Å²) < 4.78 is 1.03. The molecule has 13 heavy (non-hydrogen) atoms. The van der Waals surface area contributed by atoms with Crippen molar-refractivity contribution in [1.82, 2.24) is 10.3 Å². The predicted octanol–water partition coefficient (Wildman–Crippen LogP) is 2.73. The Morgan fingerprint density at radius 2 is 2.08 bits per heavy atom. The molecule has 0 atom stereocenters. The number of pyridine rings is 1. The molecule has 0 fully saturated rings. The third-order valence-corrected chi connectivity index (χ3v) is 2.02. The molecule has 1 aromatic heterocycles. The Kier molecular flexibility index (Phi) is 3.45. The van der Waals surface area contributed by atoms with E-state index < -0.39 is 0 Å². The van der Waals surface area contributed by atoms with Gasteiger partial charge in [0.2, 0.25) is 0 Å². The molecular formula is C10H15BrN2. The Balaban J connectivity index is 2.55. The Morgan fingerprint density at radius 1 is 1.38 bits per heavy atom. The fraction of sp³-hybridized carbons (Fsp3) is 0.500. The molecule has 0 aliphatic carbocycles. The molecule has 1 N–H and O–H groups in total. The zero-order valence-electron chi connectivity index (χ0n) is 8.26. The second kappa shape index (κ2) is 4.20. The van der Waals surface area contributed by atoms with E-state index in [2.05, 4.69) is 53.1 Å². The van der Waals surface area contributed by atoms with Crippen molar-refractivity contribution in [2.45, 2.75) is 32.9 Å². The van der Waals surface area contributed by atoms with Gasteiger partial charge < -0.3 is 5.32 Å². The maximum atomic E-state index is 4.10. The van der Waals surface area contributed by atoms with Gasteiger partial charge in [-0.1, -0.05) is 0 Å². The summed E-state index contributed by atoms with van der Waals surface area (Å²) in [5.41, 5.74) is 1.35. The third kappa shape index (κ3) is 4.39. The highest BCUT2D eigenvalue weighted by Crippen LogP contribution is 2.10. The lowest BCUT2D eigenvalue weighted by Gasteiger charge is -2.20. The predicted molar refractivity (Wildman–Crippen MR) is 58.5 cm³/mol. The molecule has 72 valence electrons. The number of aromatic nitrogens is 1. The van der Waals surface area contributed by atoms with Crippen molar-refractivity contribution in [2.24, 2.45) is 0 Å². The minimum absolute atomic E-state index is 0.155. The summed E-state index contributed by atoms with van der Waals surface area (Å²) in [5, 5.41) is 3.40. The molecule has 0 aliphatic rings. The Morgan fingerprint density at radius 3 is 2.62 bits per heavy atom. The summed E-state index contributed by atoms with van der Waals surface area (Å²) in [7, 11) is 0. The number of nitrogens with one attached hydrogen (secondary N) is 1. The lowest BCUT2D eigenvalue weighted by molar-refractivity contribution is 0.424. The van der Waals surface area contributed by atoms with Crippen LogP contribution in [0.15, 0.2) is 22.9 Å². The minimum Gasteiger partial charge on any atom is -0.308 e. The van der Waals surface area contributed by atoms with Crippen LogP contribution in [-0.2, 0) is 6.54 Å². The minimum atomic E-state index is 0.155. The molecule has 1 heterocycles. The van der Waals surface area contributed by atoms with E-state index in [1.54, 1.807) is 6.20 Å². The van der Waals surface area contributed by atoms with Crippen LogP contribution in [0.2, 0.25) is 0 Å². The second-order valence-corrected chi connectivity index (χ2v) is 5.03. The highest BCUT2D eigenvalue weighted by Gasteiger charge is 2.08. The van der Waals surface area contributed by atoms with Crippen LogP contribution in [0.4, 0.5) is 0 Å². The van der Waals surface area contributed by atoms with Crippen molar-refractivity contribution in [3.05, 3.63) is 28.5 Å². The molecule has 0 bridgehead atoms. The Hall–Kier alpha value is -0.410. The van der Waals surface area contributed by atoms with Gasteiger partial charge in [0.15, 0.2) is 0 Å². The quantitative estimate of drug-likeness (QED) is 0.863. The van der Waals surface area contributed by atoms with Gasteiger partial charge in [-0.3, -0.25) is 4.98 Å². The van der Waals surface area contributed by atoms with Crippen molar-refractivity contribution in [1.29, 1.82) is 0 Å². The Labute approximate surface area is 87.9 Å². The average molecular weight is 243 g/mol. The number of halogens is 1. The summed E-state index contributed by atoms with van der Waals surface area (Å²) in [6.45, 7) is 7.31. The summed E-state index contributed by atoms with van der Waals surface area (Å²) in [5.74, 6) is 0. The number of hydrogen-bond acceptors (Lipinski definition) is 2. The second-order valence-electron chi connectivity index (χ2n) is 4.11. The van der Waals surface area contributed by atoms with Gasteiger partial charge in [-0.15, -0.1) is 0 Å². The van der Waals surface area contributed by atoms with E-state index in [1.165, 1.54) is 5.56 Å². The van der Waals surface area contributed by atoms with Gasteiger partial charge in [-0.25, -0.2) is 0 Å². The zero-order valence-corrected chi connectivity index (χ0v) is 9.85. The standard InChI is InChI=1S/C10H15BrN2/c1-10(2,3)13-6-8-4-9(11)7-12-5-8/h4-5,7,13H,6H2,1-3H3. The fourth-order valence-electron chi connectivity index (χ4n) is 0.920. The van der Waals surface area contributed by atoms with Crippen molar-refractivity contribution in [2.75, 3.05) is 0 Å². The molecule has 0 aliphatic heterocycles. The molecule has 0 unspecified atom stereocenters. The van der Waals surface area contributed by atoms with Gasteiger partial charge >= 0.3 is 0 Å². The maximum Gasteiger partial charge on any atom is 0.0410 e. The molecular weight excluding hydrogens is 228 g/mol. The first kappa shape index (κ1) is 10.7. The van der Waals surface area contributed by atoms with E-state index in [4.69, 9.17) is 0 Å². The van der Waals surface area contributed by atoms with Crippen LogP contribution in [0.5, 0.6) is 0 Å². The topological polar surface area (TPSA) is 24.9 Å². The van der Waals surface area contributed by atoms with Crippen LogP contribution in [0.1, 0.15) is 26.3 Å². The average Bonchev–Trinajstić information content (AvgIpc) is 2.00. The van der Waals surface area contributed by atoms with Crippen molar-refractivity contribution in [3.63, 3.8) is 0 Å². The van der Waals surface area contributed by atoms with Crippen LogP contribution in [0, 0.1) is 0 Å². The van der Waals surface area contributed by atoms with Gasteiger partial charge in [0.25, 0.3) is 0 Å². The third-order valence-electron chi connectivity index (χ3n) is 1.58. The van der Waals surface area contributed by atoms with E-state index in [-0.39, 0.29) is 5.54 Å². The SMILES string of the molecule is CC(C)(C)NCc1cncc(Br)c1. The summed E-state index contributed by atoms with van der Waals surface area (Å²) in [6, 6.07) is 2.08. The molecule has 1 rings (SSSR count). The zero-order chi connectivity index (χ0) is 9.90. The number of hydrogen-bond donors (Lipinski definition) is 1. The first-order chi connectivity index (χ1) is 5.97. The molecule has 3 heteroatoms. The monoisotopic (exact) mass is 242 g/mol. The lowest BCUT2D eigenvalue weighted by Crippen LogP contribution is -2.35. The highest BCUT2D eigenvalue weighted by molar-refractivity contribution is 9.10. The molecule has 0 saturated carbocycles. The van der Waals surface area contributed by atoms with Crippen molar-refractivity contribution in [3.8, 4) is 0 Å². The maximum absolute atomic E-state index is 4.10. The highest BCUT2D eigenvalue weighted by atomic mass is 79.9. The largest absolute Gasteiger partial charge is 0.308 e. The normalized spacial score (nSPS) is 11.7. The van der Waals surface area contributed by atoms with E-state index in [9.17, 15) is 0 Å². The molecule has 0 radical (unpaired) electrons. The molecule has 0 amide bonds. The smallest absolute Gasteiger partial charge is 0.0410 e. The van der Waals surface area contributed by atoms with Gasteiger partial charge in [-0.2, -0.15) is 0 Å². The van der Waals surface area contributed by atoms with Crippen LogP contribution in [-0.4, -0.2) is 10.5 Å². The van der Waals surface area contributed by atoms with Gasteiger partial charge in [0.1, 0.15) is 0 Å². The van der Waals surface area contributed by atoms with E-state index in [1.807, 2.05) is 6.20 Å². The molecule has 0 saturated heterocycles. The van der Waals surface area contributed by atoms with Gasteiger partial charge in [-0.05, 0) is 48.3 Å². The first-order valence-electron chi connectivity index (χ1n) is 4.32. The van der Waals surface area contributed by atoms with Crippen molar-refractivity contribution < 1.29 is 0 Å². The first-order valence-corrected chi connectivity index (χ1v) is 5.11. The molecule has 0 spiro atoms. The van der Waals surface area contributed by atoms with Crippen LogP contribution < -0.4 is 5.32 Å². The summed E-state index contributed by atoms with van der Waals surface area (Å²) in [4.78, 5) is 4.10. The van der Waals surface area contributed by atoms with Crippen LogP contribution in [0.25, 0.3) is 0 Å². The van der Waals surface area contributed by atoms with E-state index >= 15 is 0 Å². The lowest BCUT2D eigenvalue weighted by atomic mass is 10.1.